The first-order valence-electron chi connectivity index (χ1n) is 9.11. The molecule has 1 atom stereocenters. The number of benzene rings is 1. The van der Waals surface area contributed by atoms with Crippen LogP contribution in [0.5, 0.6) is 0 Å². The highest BCUT2D eigenvalue weighted by atomic mass is 16.2. The molecule has 1 aromatic carbocycles. The highest BCUT2D eigenvalue weighted by Crippen LogP contribution is 2.28. The number of carbonyl (C=O) groups is 4. The Kier molecular flexibility index (Phi) is 5.16. The Bertz CT molecular complexity index is 770. The van der Waals surface area contributed by atoms with Gasteiger partial charge in [-0.2, -0.15) is 0 Å². The number of aryl methyl sites for hydroxylation is 1. The number of amides is 6. The third-order valence-electron chi connectivity index (χ3n) is 5.15. The summed E-state index contributed by atoms with van der Waals surface area (Å²) >= 11 is 0. The SMILES string of the molecule is Cc1ccc([C@@]2(C)NC(=O)N(CC(=O)NC(=O)NC3CCCC3)C2=O)cc1. The minimum absolute atomic E-state index is 0.0688. The minimum Gasteiger partial charge on any atom is -0.335 e. The van der Waals surface area contributed by atoms with Gasteiger partial charge in [-0.1, -0.05) is 42.7 Å². The van der Waals surface area contributed by atoms with Crippen molar-refractivity contribution in [3.05, 3.63) is 35.4 Å². The fourth-order valence-corrected chi connectivity index (χ4v) is 3.52. The van der Waals surface area contributed by atoms with Crippen molar-refractivity contribution in [2.75, 3.05) is 6.54 Å². The van der Waals surface area contributed by atoms with Crippen molar-refractivity contribution in [2.45, 2.75) is 51.1 Å². The molecular weight excluding hydrogens is 348 g/mol. The minimum atomic E-state index is -1.24. The number of rotatable bonds is 4. The lowest BCUT2D eigenvalue weighted by Gasteiger charge is -2.22. The summed E-state index contributed by atoms with van der Waals surface area (Å²) in [4.78, 5) is 49.9. The van der Waals surface area contributed by atoms with E-state index in [1.807, 2.05) is 19.1 Å². The van der Waals surface area contributed by atoms with E-state index < -0.39 is 36.0 Å². The second-order valence-electron chi connectivity index (χ2n) is 7.32. The molecule has 0 spiro atoms. The van der Waals surface area contributed by atoms with Crippen molar-refractivity contribution in [1.82, 2.24) is 20.9 Å². The summed E-state index contributed by atoms with van der Waals surface area (Å²) in [5, 5.41) is 7.56. The Morgan fingerprint density at radius 3 is 2.44 bits per heavy atom. The quantitative estimate of drug-likeness (QED) is 0.697. The van der Waals surface area contributed by atoms with Crippen molar-refractivity contribution < 1.29 is 19.2 Å². The lowest BCUT2D eigenvalue weighted by molar-refractivity contribution is -0.134. The number of carbonyl (C=O) groups excluding carboxylic acids is 4. The van der Waals surface area contributed by atoms with Gasteiger partial charge in [0.15, 0.2) is 0 Å². The predicted octanol–water partition coefficient (Wildman–Crippen LogP) is 1.53. The Labute approximate surface area is 157 Å². The van der Waals surface area contributed by atoms with E-state index in [1.54, 1.807) is 19.1 Å². The number of imide groups is 2. The van der Waals surface area contributed by atoms with Gasteiger partial charge in [-0.15, -0.1) is 0 Å². The Morgan fingerprint density at radius 1 is 1.19 bits per heavy atom. The van der Waals surface area contributed by atoms with Crippen molar-refractivity contribution in [3.63, 3.8) is 0 Å². The molecule has 3 rings (SSSR count). The molecule has 1 heterocycles. The largest absolute Gasteiger partial charge is 0.335 e. The van der Waals surface area contributed by atoms with Crippen LogP contribution < -0.4 is 16.0 Å². The molecular formula is C19H24N4O4. The van der Waals surface area contributed by atoms with E-state index in [0.717, 1.165) is 36.1 Å². The molecule has 27 heavy (non-hydrogen) atoms. The first-order chi connectivity index (χ1) is 12.8. The maximum atomic E-state index is 12.8. The van der Waals surface area contributed by atoms with Crippen LogP contribution >= 0.6 is 0 Å². The second-order valence-corrected chi connectivity index (χ2v) is 7.32. The first-order valence-corrected chi connectivity index (χ1v) is 9.11. The zero-order valence-electron chi connectivity index (χ0n) is 15.5. The standard InChI is InChI=1S/C19H24N4O4/c1-12-7-9-13(10-8-12)19(2)16(25)23(18(27)22-19)11-15(24)21-17(26)20-14-5-3-4-6-14/h7-10,14H,3-6,11H2,1-2H3,(H,22,27)(H2,20,21,24,26)/t19-/m1/s1. The van der Waals surface area contributed by atoms with Crippen molar-refractivity contribution in [1.29, 1.82) is 0 Å². The molecule has 2 fully saturated rings. The van der Waals surface area contributed by atoms with Gasteiger partial charge in [0.2, 0.25) is 5.91 Å². The van der Waals surface area contributed by atoms with Crippen LogP contribution in [0.3, 0.4) is 0 Å². The second kappa shape index (κ2) is 7.38. The molecule has 0 radical (unpaired) electrons. The number of urea groups is 2. The van der Waals surface area contributed by atoms with Crippen molar-refractivity contribution in [3.8, 4) is 0 Å². The molecule has 8 nitrogen and oxygen atoms in total. The molecule has 1 aliphatic carbocycles. The summed E-state index contributed by atoms with van der Waals surface area (Å²) in [5.41, 5.74) is 0.425. The normalized spacial score (nSPS) is 22.7. The van der Waals surface area contributed by atoms with Crippen LogP contribution in [0.15, 0.2) is 24.3 Å². The van der Waals surface area contributed by atoms with Crippen molar-refractivity contribution in [2.24, 2.45) is 0 Å². The fourth-order valence-electron chi connectivity index (χ4n) is 3.52. The van der Waals surface area contributed by atoms with Crippen LogP contribution in [0.2, 0.25) is 0 Å². The average molecular weight is 372 g/mol. The number of hydrogen-bond donors (Lipinski definition) is 3. The molecule has 2 aliphatic rings. The van der Waals surface area contributed by atoms with E-state index in [9.17, 15) is 19.2 Å². The van der Waals surface area contributed by atoms with E-state index in [-0.39, 0.29) is 6.04 Å². The van der Waals surface area contributed by atoms with Gasteiger partial charge in [0.05, 0.1) is 0 Å². The van der Waals surface area contributed by atoms with E-state index in [2.05, 4.69) is 16.0 Å². The zero-order chi connectivity index (χ0) is 19.6. The van der Waals surface area contributed by atoms with Gasteiger partial charge in [0.25, 0.3) is 5.91 Å². The fraction of sp³-hybridized carbons (Fsp3) is 0.474. The smallest absolute Gasteiger partial charge is 0.325 e. The molecule has 0 bridgehead atoms. The van der Waals surface area contributed by atoms with Crippen molar-refractivity contribution >= 4 is 23.9 Å². The van der Waals surface area contributed by atoms with Gasteiger partial charge in [0, 0.05) is 6.04 Å². The number of nitrogens with one attached hydrogen (secondary N) is 3. The van der Waals surface area contributed by atoms with E-state index in [0.29, 0.717) is 5.56 Å². The van der Waals surface area contributed by atoms with Crippen LogP contribution in [0.4, 0.5) is 9.59 Å². The van der Waals surface area contributed by atoms with Crippen LogP contribution in [0.1, 0.15) is 43.7 Å². The first kappa shape index (κ1) is 18.9. The average Bonchev–Trinajstić information content (AvgIpc) is 3.18. The zero-order valence-corrected chi connectivity index (χ0v) is 15.5. The van der Waals surface area contributed by atoms with Crippen LogP contribution in [0, 0.1) is 6.92 Å². The molecule has 0 aromatic heterocycles. The highest BCUT2D eigenvalue weighted by Gasteiger charge is 2.49. The lowest BCUT2D eigenvalue weighted by Crippen LogP contribution is -2.48. The van der Waals surface area contributed by atoms with E-state index in [1.165, 1.54) is 0 Å². The summed E-state index contributed by atoms with van der Waals surface area (Å²) in [6.07, 6.45) is 3.89. The van der Waals surface area contributed by atoms with Gasteiger partial charge in [0.1, 0.15) is 12.1 Å². The van der Waals surface area contributed by atoms with Gasteiger partial charge < -0.3 is 10.6 Å². The summed E-state index contributed by atoms with van der Waals surface area (Å²) in [7, 11) is 0. The summed E-state index contributed by atoms with van der Waals surface area (Å²) in [5.74, 6) is -1.23. The third kappa shape index (κ3) is 3.94. The molecule has 3 N–H and O–H groups in total. The summed E-state index contributed by atoms with van der Waals surface area (Å²) in [6, 6.07) is 6.05. The van der Waals surface area contributed by atoms with Crippen LogP contribution in [0.25, 0.3) is 0 Å². The Hall–Kier alpha value is -2.90. The topological polar surface area (TPSA) is 108 Å². The van der Waals surface area contributed by atoms with Crippen LogP contribution in [-0.2, 0) is 15.1 Å². The molecule has 144 valence electrons. The van der Waals surface area contributed by atoms with Gasteiger partial charge in [-0.05, 0) is 32.3 Å². The van der Waals surface area contributed by atoms with Crippen LogP contribution in [-0.4, -0.2) is 41.4 Å². The Morgan fingerprint density at radius 2 is 1.81 bits per heavy atom. The molecule has 1 aromatic rings. The van der Waals surface area contributed by atoms with Gasteiger partial charge in [-0.25, -0.2) is 9.59 Å². The molecule has 0 unspecified atom stereocenters. The molecule has 1 aliphatic heterocycles. The van der Waals surface area contributed by atoms with E-state index in [4.69, 9.17) is 0 Å². The molecule has 1 saturated heterocycles. The highest BCUT2D eigenvalue weighted by molar-refractivity contribution is 6.10. The third-order valence-corrected chi connectivity index (χ3v) is 5.15. The Balaban J connectivity index is 1.62. The molecule has 1 saturated carbocycles. The monoisotopic (exact) mass is 372 g/mol. The van der Waals surface area contributed by atoms with E-state index >= 15 is 0 Å². The van der Waals surface area contributed by atoms with Gasteiger partial charge in [-0.3, -0.25) is 19.8 Å². The number of hydrogen-bond acceptors (Lipinski definition) is 4. The number of nitrogens with zero attached hydrogens (tertiary/aromatic N) is 1. The maximum absolute atomic E-state index is 12.8. The predicted molar refractivity (Wildman–Crippen MR) is 97.7 cm³/mol. The molecule has 6 amide bonds. The summed E-state index contributed by atoms with van der Waals surface area (Å²) in [6.45, 7) is 3.02. The lowest BCUT2D eigenvalue weighted by atomic mass is 9.91. The maximum Gasteiger partial charge on any atom is 0.325 e. The summed E-state index contributed by atoms with van der Waals surface area (Å²) < 4.78 is 0. The molecule has 8 heteroatoms. The van der Waals surface area contributed by atoms with Gasteiger partial charge >= 0.3 is 12.1 Å².